The van der Waals surface area contributed by atoms with E-state index in [0.29, 0.717) is 49.8 Å². The van der Waals surface area contributed by atoms with Gasteiger partial charge in [0.25, 0.3) is 11.8 Å². The van der Waals surface area contributed by atoms with Crippen molar-refractivity contribution in [1.29, 1.82) is 0 Å². The molecule has 2 amide bonds. The van der Waals surface area contributed by atoms with Gasteiger partial charge in [0.05, 0.1) is 11.7 Å². The van der Waals surface area contributed by atoms with Crippen LogP contribution in [0, 0.1) is 17.5 Å². The fourth-order valence-electron chi connectivity index (χ4n) is 3.96. The van der Waals surface area contributed by atoms with Crippen LogP contribution < -0.4 is 10.2 Å². The topological polar surface area (TPSA) is 74.8 Å². The van der Waals surface area contributed by atoms with E-state index in [9.17, 15) is 22.8 Å². The smallest absolute Gasteiger partial charge is 0.259 e. The summed E-state index contributed by atoms with van der Waals surface area (Å²) >= 11 is 0. The van der Waals surface area contributed by atoms with Crippen LogP contribution in [0.1, 0.15) is 33.6 Å². The fraction of sp³-hybridized carbons (Fsp3) is 0.409. The Kier molecular flexibility index (Phi) is 6.59. The zero-order valence-corrected chi connectivity index (χ0v) is 17.3. The molecule has 2 aliphatic heterocycles. The number of amides is 2. The zero-order valence-electron chi connectivity index (χ0n) is 17.3. The van der Waals surface area contributed by atoms with Gasteiger partial charge in [-0.3, -0.25) is 9.59 Å². The fourth-order valence-corrected chi connectivity index (χ4v) is 3.96. The monoisotopic (exact) mass is 448 g/mol. The molecular weight excluding hydrogens is 425 g/mol. The maximum atomic E-state index is 14.0. The number of ether oxygens (including phenoxy) is 1. The Morgan fingerprint density at radius 2 is 1.84 bits per heavy atom. The van der Waals surface area contributed by atoms with Gasteiger partial charge in [0.1, 0.15) is 28.8 Å². The van der Waals surface area contributed by atoms with Crippen LogP contribution in [0.5, 0.6) is 0 Å². The van der Waals surface area contributed by atoms with E-state index in [1.165, 1.54) is 4.90 Å². The normalized spacial score (nSPS) is 18.7. The lowest BCUT2D eigenvalue weighted by Crippen LogP contribution is -2.50. The summed E-state index contributed by atoms with van der Waals surface area (Å²) in [6.07, 6.45) is 3.48. The molecule has 10 heteroatoms. The third-order valence-electron chi connectivity index (χ3n) is 5.63. The second kappa shape index (κ2) is 9.56. The van der Waals surface area contributed by atoms with Crippen molar-refractivity contribution >= 4 is 17.6 Å². The first-order chi connectivity index (χ1) is 15.4. The minimum absolute atomic E-state index is 0.0147. The van der Waals surface area contributed by atoms with Gasteiger partial charge < -0.3 is 19.9 Å². The molecule has 0 spiro atoms. The molecular formula is C22H23F3N4O3. The molecule has 2 saturated heterocycles. The molecule has 0 bridgehead atoms. The third-order valence-corrected chi connectivity index (χ3v) is 5.63. The third kappa shape index (κ3) is 4.69. The molecule has 2 aliphatic rings. The van der Waals surface area contributed by atoms with Crippen LogP contribution in [0.15, 0.2) is 30.5 Å². The average Bonchev–Trinajstić information content (AvgIpc) is 3.30. The number of hydrogen-bond donors (Lipinski definition) is 1. The Morgan fingerprint density at radius 1 is 1.12 bits per heavy atom. The minimum Gasteiger partial charge on any atom is -0.376 e. The number of rotatable bonds is 5. The molecule has 1 N–H and O–H groups in total. The highest BCUT2D eigenvalue weighted by Crippen LogP contribution is 2.22. The molecule has 2 fully saturated rings. The maximum Gasteiger partial charge on any atom is 0.259 e. The van der Waals surface area contributed by atoms with Crippen molar-refractivity contribution in [1.82, 2.24) is 15.2 Å². The van der Waals surface area contributed by atoms with Crippen molar-refractivity contribution in [2.24, 2.45) is 0 Å². The zero-order chi connectivity index (χ0) is 22.7. The summed E-state index contributed by atoms with van der Waals surface area (Å²) in [5.41, 5.74) is -0.368. The first-order valence-electron chi connectivity index (χ1n) is 10.5. The van der Waals surface area contributed by atoms with E-state index in [0.717, 1.165) is 12.8 Å². The predicted octanol–water partition coefficient (Wildman–Crippen LogP) is 2.37. The Morgan fingerprint density at radius 3 is 2.50 bits per heavy atom. The van der Waals surface area contributed by atoms with Crippen LogP contribution in [-0.4, -0.2) is 67.1 Å². The minimum atomic E-state index is -1.23. The molecule has 1 atom stereocenters. The van der Waals surface area contributed by atoms with Gasteiger partial charge in [0.15, 0.2) is 0 Å². The largest absolute Gasteiger partial charge is 0.376 e. The second-order valence-electron chi connectivity index (χ2n) is 7.74. The second-order valence-corrected chi connectivity index (χ2v) is 7.74. The maximum absolute atomic E-state index is 14.0. The number of piperazine rings is 1. The number of carbonyl (C=O) groups is 2. The van der Waals surface area contributed by atoms with E-state index < -0.39 is 28.9 Å². The summed E-state index contributed by atoms with van der Waals surface area (Å²) in [6.45, 7) is 2.10. The number of pyridine rings is 1. The number of halogens is 3. The van der Waals surface area contributed by atoms with Crippen LogP contribution >= 0.6 is 0 Å². The number of carbonyl (C=O) groups excluding carboxylic acids is 2. The molecule has 2 aromatic rings. The van der Waals surface area contributed by atoms with Crippen LogP contribution in [0.2, 0.25) is 0 Å². The number of anilines is 1. The van der Waals surface area contributed by atoms with Crippen molar-refractivity contribution in [2.75, 3.05) is 44.2 Å². The summed E-state index contributed by atoms with van der Waals surface area (Å²) in [7, 11) is 0. The summed E-state index contributed by atoms with van der Waals surface area (Å²) in [4.78, 5) is 32.8. The molecule has 4 rings (SSSR count). The highest BCUT2D eigenvalue weighted by molar-refractivity contribution is 5.99. The van der Waals surface area contributed by atoms with Crippen molar-refractivity contribution in [3.63, 3.8) is 0 Å². The molecule has 0 aliphatic carbocycles. The molecule has 1 aromatic heterocycles. The van der Waals surface area contributed by atoms with E-state index in [-0.39, 0.29) is 25.1 Å². The standard InChI is InChI=1S/C22H23F3N4O3/c23-14-11-17(24)19(18(25)12-14)22(31)29-8-6-28(7-9-29)20-16(4-1-5-26-20)21(30)27-13-15-3-2-10-32-15/h1,4-5,11-12,15H,2-3,6-10,13H2,(H,27,30)/t15-/m0/s1. The molecule has 0 saturated carbocycles. The number of aromatic nitrogens is 1. The lowest BCUT2D eigenvalue weighted by molar-refractivity contribution is 0.0735. The van der Waals surface area contributed by atoms with Crippen molar-refractivity contribution in [2.45, 2.75) is 18.9 Å². The van der Waals surface area contributed by atoms with Gasteiger partial charge in [-0.2, -0.15) is 0 Å². The molecule has 3 heterocycles. The van der Waals surface area contributed by atoms with E-state index in [4.69, 9.17) is 4.74 Å². The van der Waals surface area contributed by atoms with Crippen molar-refractivity contribution in [3.05, 3.63) is 59.0 Å². The highest BCUT2D eigenvalue weighted by atomic mass is 19.1. The first-order valence-corrected chi connectivity index (χ1v) is 10.5. The van der Waals surface area contributed by atoms with Crippen LogP contribution in [0.4, 0.5) is 19.0 Å². The number of nitrogens with zero attached hydrogens (tertiary/aromatic N) is 3. The molecule has 1 aromatic carbocycles. The lowest BCUT2D eigenvalue weighted by atomic mass is 10.1. The Bertz CT molecular complexity index is 983. The van der Waals surface area contributed by atoms with E-state index in [2.05, 4.69) is 10.3 Å². The predicted molar refractivity (Wildman–Crippen MR) is 110 cm³/mol. The first kappa shape index (κ1) is 22.1. The van der Waals surface area contributed by atoms with E-state index in [1.807, 2.05) is 4.90 Å². The quantitative estimate of drug-likeness (QED) is 0.760. The highest BCUT2D eigenvalue weighted by Gasteiger charge is 2.29. The number of benzene rings is 1. The van der Waals surface area contributed by atoms with Gasteiger partial charge in [0, 0.05) is 57.7 Å². The van der Waals surface area contributed by atoms with Gasteiger partial charge in [-0.1, -0.05) is 0 Å². The van der Waals surface area contributed by atoms with Crippen molar-refractivity contribution < 1.29 is 27.5 Å². The van der Waals surface area contributed by atoms with E-state index >= 15 is 0 Å². The van der Waals surface area contributed by atoms with Gasteiger partial charge in [-0.05, 0) is 25.0 Å². The summed E-state index contributed by atoms with van der Waals surface area (Å²) in [6, 6.07) is 4.32. The van der Waals surface area contributed by atoms with Gasteiger partial charge in [-0.25, -0.2) is 18.2 Å². The van der Waals surface area contributed by atoms with Gasteiger partial charge in [0.2, 0.25) is 0 Å². The molecule has 170 valence electrons. The molecule has 32 heavy (non-hydrogen) atoms. The Labute approximate surface area is 183 Å². The molecule has 0 radical (unpaired) electrons. The van der Waals surface area contributed by atoms with Crippen molar-refractivity contribution in [3.8, 4) is 0 Å². The lowest BCUT2D eigenvalue weighted by Gasteiger charge is -2.36. The Hall–Kier alpha value is -3.14. The van der Waals surface area contributed by atoms with Crippen LogP contribution in [-0.2, 0) is 4.74 Å². The molecule has 0 unspecified atom stereocenters. The summed E-state index contributed by atoms with van der Waals surface area (Å²) < 4.78 is 46.6. The SMILES string of the molecule is O=C(NC[C@@H]1CCCO1)c1cccnc1N1CCN(C(=O)c2c(F)cc(F)cc2F)CC1. The Balaban J connectivity index is 1.41. The average molecular weight is 448 g/mol. The van der Waals surface area contributed by atoms with Crippen LogP contribution in [0.3, 0.4) is 0 Å². The van der Waals surface area contributed by atoms with Gasteiger partial charge >= 0.3 is 0 Å². The van der Waals surface area contributed by atoms with Gasteiger partial charge in [-0.15, -0.1) is 0 Å². The number of hydrogen-bond acceptors (Lipinski definition) is 5. The molecule has 7 nitrogen and oxygen atoms in total. The van der Waals surface area contributed by atoms with E-state index in [1.54, 1.807) is 18.3 Å². The number of nitrogens with one attached hydrogen (secondary N) is 1. The summed E-state index contributed by atoms with van der Waals surface area (Å²) in [5.74, 6) is -4.17. The summed E-state index contributed by atoms with van der Waals surface area (Å²) in [5, 5.41) is 2.88. The van der Waals surface area contributed by atoms with Crippen LogP contribution in [0.25, 0.3) is 0 Å².